The molecule has 18 heavy (non-hydrogen) atoms. The van der Waals surface area contributed by atoms with Crippen molar-refractivity contribution in [1.29, 1.82) is 0 Å². The second kappa shape index (κ2) is 6.67. The minimum absolute atomic E-state index is 0.120. The molecule has 0 saturated heterocycles. The predicted octanol–water partition coefficient (Wildman–Crippen LogP) is 2.30. The summed E-state index contributed by atoms with van der Waals surface area (Å²) >= 11 is 0. The van der Waals surface area contributed by atoms with E-state index in [-0.39, 0.29) is 13.0 Å². The van der Waals surface area contributed by atoms with Crippen LogP contribution in [0.4, 0.5) is 17.6 Å². The molecule has 3 N–H and O–H groups in total. The van der Waals surface area contributed by atoms with Crippen LogP contribution >= 0.6 is 0 Å². The SMILES string of the molecule is NNC(CCOCC(F)(F)F)c1cccc(F)c1. The molecule has 1 aromatic carbocycles. The summed E-state index contributed by atoms with van der Waals surface area (Å²) in [5.41, 5.74) is 2.98. The van der Waals surface area contributed by atoms with Gasteiger partial charge >= 0.3 is 6.18 Å². The maximum atomic E-state index is 13.0. The molecule has 0 amide bonds. The molecule has 1 atom stereocenters. The first kappa shape index (κ1) is 14.9. The molecule has 0 aliphatic carbocycles. The van der Waals surface area contributed by atoms with Gasteiger partial charge in [0.1, 0.15) is 12.4 Å². The maximum Gasteiger partial charge on any atom is 0.411 e. The van der Waals surface area contributed by atoms with Crippen molar-refractivity contribution in [3.05, 3.63) is 35.6 Å². The molecule has 1 unspecified atom stereocenters. The van der Waals surface area contributed by atoms with Gasteiger partial charge in [0.2, 0.25) is 0 Å². The van der Waals surface area contributed by atoms with E-state index in [1.165, 1.54) is 18.2 Å². The molecule has 0 saturated carbocycles. The quantitative estimate of drug-likeness (QED) is 0.359. The third-order valence-electron chi connectivity index (χ3n) is 2.27. The molecule has 0 heterocycles. The fourth-order valence-corrected chi connectivity index (χ4v) is 1.46. The number of hydrazine groups is 1. The van der Waals surface area contributed by atoms with E-state index in [2.05, 4.69) is 10.2 Å². The monoisotopic (exact) mass is 266 g/mol. The Labute approximate surface area is 102 Å². The summed E-state index contributed by atoms with van der Waals surface area (Å²) in [4.78, 5) is 0. The third kappa shape index (κ3) is 5.44. The van der Waals surface area contributed by atoms with E-state index in [0.717, 1.165) is 0 Å². The van der Waals surface area contributed by atoms with Gasteiger partial charge in [-0.2, -0.15) is 13.2 Å². The zero-order valence-electron chi connectivity index (χ0n) is 9.51. The van der Waals surface area contributed by atoms with Crippen LogP contribution in [0.25, 0.3) is 0 Å². The Balaban J connectivity index is 2.43. The highest BCUT2D eigenvalue weighted by molar-refractivity contribution is 5.19. The molecule has 7 heteroatoms. The number of hydrogen-bond acceptors (Lipinski definition) is 3. The Kier molecular flexibility index (Phi) is 5.52. The fourth-order valence-electron chi connectivity index (χ4n) is 1.46. The van der Waals surface area contributed by atoms with Gasteiger partial charge in [-0.25, -0.2) is 4.39 Å². The van der Waals surface area contributed by atoms with Gasteiger partial charge < -0.3 is 4.74 Å². The molecule has 0 aromatic heterocycles. The summed E-state index contributed by atoms with van der Waals surface area (Å²) in [7, 11) is 0. The van der Waals surface area contributed by atoms with Crippen LogP contribution in [-0.4, -0.2) is 19.4 Å². The molecule has 0 aliphatic heterocycles. The second-order valence-corrected chi connectivity index (χ2v) is 3.73. The number of nitrogens with one attached hydrogen (secondary N) is 1. The molecule has 3 nitrogen and oxygen atoms in total. The van der Waals surface area contributed by atoms with Crippen molar-refractivity contribution in [3.63, 3.8) is 0 Å². The molecular weight excluding hydrogens is 252 g/mol. The van der Waals surface area contributed by atoms with Gasteiger partial charge in [0.25, 0.3) is 0 Å². The van der Waals surface area contributed by atoms with Crippen molar-refractivity contribution in [2.75, 3.05) is 13.2 Å². The number of nitrogens with two attached hydrogens (primary N) is 1. The summed E-state index contributed by atoms with van der Waals surface area (Å²) in [6.07, 6.45) is -4.12. The summed E-state index contributed by atoms with van der Waals surface area (Å²) in [5, 5.41) is 0. The Bertz CT molecular complexity index is 370. The number of hydrogen-bond donors (Lipinski definition) is 2. The normalized spacial score (nSPS) is 13.6. The molecule has 1 rings (SSSR count). The van der Waals surface area contributed by atoms with Crippen molar-refractivity contribution < 1.29 is 22.3 Å². The van der Waals surface area contributed by atoms with Gasteiger partial charge in [0, 0.05) is 12.6 Å². The molecule has 102 valence electrons. The standard InChI is InChI=1S/C11H14F4N2O/c12-9-3-1-2-8(6-9)10(17-16)4-5-18-7-11(13,14)15/h1-3,6,10,17H,4-5,7,16H2. The van der Waals surface area contributed by atoms with Crippen LogP contribution in [0, 0.1) is 5.82 Å². The molecule has 0 radical (unpaired) electrons. The first-order valence-corrected chi connectivity index (χ1v) is 5.28. The number of rotatable bonds is 6. The van der Waals surface area contributed by atoms with Gasteiger partial charge in [-0.05, 0) is 24.1 Å². The van der Waals surface area contributed by atoms with Gasteiger partial charge in [-0.3, -0.25) is 11.3 Å². The lowest BCUT2D eigenvalue weighted by Crippen LogP contribution is -2.29. The minimum atomic E-state index is -4.34. The van der Waals surface area contributed by atoms with E-state index in [1.54, 1.807) is 6.07 Å². The van der Waals surface area contributed by atoms with Crippen LogP contribution in [0.15, 0.2) is 24.3 Å². The summed E-state index contributed by atoms with van der Waals surface area (Å²) in [6, 6.07) is 5.24. The smallest absolute Gasteiger partial charge is 0.372 e. The number of ether oxygens (including phenoxy) is 1. The van der Waals surface area contributed by atoms with Crippen LogP contribution in [0.2, 0.25) is 0 Å². The summed E-state index contributed by atoms with van der Waals surface area (Å²) in [5.74, 6) is 4.85. The van der Waals surface area contributed by atoms with Crippen LogP contribution in [0.5, 0.6) is 0 Å². The molecule has 0 bridgehead atoms. The van der Waals surface area contributed by atoms with Gasteiger partial charge in [-0.15, -0.1) is 0 Å². The number of alkyl halides is 3. The number of benzene rings is 1. The van der Waals surface area contributed by atoms with Crippen molar-refractivity contribution in [2.45, 2.75) is 18.6 Å². The first-order chi connectivity index (χ1) is 8.42. The lowest BCUT2D eigenvalue weighted by molar-refractivity contribution is -0.174. The molecule has 1 aromatic rings. The van der Waals surface area contributed by atoms with Crippen LogP contribution in [0.3, 0.4) is 0 Å². The minimum Gasteiger partial charge on any atom is -0.372 e. The molecule has 0 fully saturated rings. The Morgan fingerprint density at radius 3 is 2.61 bits per heavy atom. The van der Waals surface area contributed by atoms with Gasteiger partial charge in [-0.1, -0.05) is 12.1 Å². The Morgan fingerprint density at radius 1 is 1.33 bits per heavy atom. The zero-order chi connectivity index (χ0) is 13.6. The van der Waals surface area contributed by atoms with Crippen molar-refractivity contribution in [3.8, 4) is 0 Å². The van der Waals surface area contributed by atoms with Crippen molar-refractivity contribution in [1.82, 2.24) is 5.43 Å². The van der Waals surface area contributed by atoms with Gasteiger partial charge in [0.05, 0.1) is 0 Å². The largest absolute Gasteiger partial charge is 0.411 e. The van der Waals surface area contributed by atoms with E-state index in [1.807, 2.05) is 0 Å². The van der Waals surface area contributed by atoms with Crippen LogP contribution < -0.4 is 11.3 Å². The third-order valence-corrected chi connectivity index (χ3v) is 2.27. The highest BCUT2D eigenvalue weighted by Crippen LogP contribution is 2.18. The lowest BCUT2D eigenvalue weighted by atomic mass is 10.0. The maximum absolute atomic E-state index is 13.0. The van der Waals surface area contributed by atoms with E-state index in [0.29, 0.717) is 5.56 Å². The highest BCUT2D eigenvalue weighted by atomic mass is 19.4. The highest BCUT2D eigenvalue weighted by Gasteiger charge is 2.27. The van der Waals surface area contributed by atoms with E-state index in [4.69, 9.17) is 5.84 Å². The Morgan fingerprint density at radius 2 is 2.06 bits per heavy atom. The predicted molar refractivity (Wildman–Crippen MR) is 58.0 cm³/mol. The average molecular weight is 266 g/mol. The van der Waals surface area contributed by atoms with E-state index in [9.17, 15) is 17.6 Å². The summed E-state index contributed by atoms with van der Waals surface area (Å²) in [6.45, 7) is -1.42. The lowest BCUT2D eigenvalue weighted by Gasteiger charge is -2.16. The molecule has 0 aliphatic rings. The van der Waals surface area contributed by atoms with E-state index < -0.39 is 24.6 Å². The molecular formula is C11H14F4N2O. The topological polar surface area (TPSA) is 47.3 Å². The first-order valence-electron chi connectivity index (χ1n) is 5.28. The van der Waals surface area contributed by atoms with Crippen molar-refractivity contribution in [2.24, 2.45) is 5.84 Å². The van der Waals surface area contributed by atoms with Crippen molar-refractivity contribution >= 4 is 0 Å². The summed E-state index contributed by atoms with van der Waals surface area (Å²) < 4.78 is 52.9. The van der Waals surface area contributed by atoms with Crippen LogP contribution in [-0.2, 0) is 4.74 Å². The molecule has 0 spiro atoms. The van der Waals surface area contributed by atoms with E-state index >= 15 is 0 Å². The van der Waals surface area contributed by atoms with Crippen LogP contribution in [0.1, 0.15) is 18.0 Å². The zero-order valence-corrected chi connectivity index (χ0v) is 9.51. The fraction of sp³-hybridized carbons (Fsp3) is 0.455. The average Bonchev–Trinajstić information content (AvgIpc) is 2.27. The van der Waals surface area contributed by atoms with Gasteiger partial charge in [0.15, 0.2) is 0 Å². The Hall–Kier alpha value is -1.18. The second-order valence-electron chi connectivity index (χ2n) is 3.73. The number of halogens is 4.